The minimum Gasteiger partial charge on any atom is -0.480 e. The Balaban J connectivity index is 2.03. The van der Waals surface area contributed by atoms with Gasteiger partial charge in [-0.2, -0.15) is 0 Å². The van der Waals surface area contributed by atoms with Gasteiger partial charge in [0, 0.05) is 5.25 Å². The summed E-state index contributed by atoms with van der Waals surface area (Å²) < 4.78 is 1.90. The normalized spacial score (nSPS) is 26.6. The van der Waals surface area contributed by atoms with Crippen LogP contribution in [0.1, 0.15) is 32.6 Å². The van der Waals surface area contributed by atoms with Crippen molar-refractivity contribution in [2.75, 3.05) is 12.8 Å². The van der Waals surface area contributed by atoms with Crippen molar-refractivity contribution in [3.63, 3.8) is 0 Å². The lowest BCUT2D eigenvalue weighted by Crippen LogP contribution is -2.55. The number of nitrogens with one attached hydrogen (secondary N) is 1. The molecule has 1 aromatic heterocycles. The lowest BCUT2D eigenvalue weighted by Gasteiger charge is -2.37. The van der Waals surface area contributed by atoms with Crippen LogP contribution < -0.4 is 5.32 Å². The van der Waals surface area contributed by atoms with Crippen molar-refractivity contribution in [2.45, 2.75) is 52.1 Å². The van der Waals surface area contributed by atoms with Gasteiger partial charge in [0.25, 0.3) is 0 Å². The quantitative estimate of drug-likeness (QED) is 0.775. The van der Waals surface area contributed by atoms with Crippen LogP contribution in [0.3, 0.4) is 0 Å². The first-order valence-corrected chi connectivity index (χ1v) is 9.54. The molecule has 112 valence electrons. The standard InChI is InChI=1S/C12H19N3O2S3/c1-3-13-12(9(16)17)6-4-5-8(7-12)19-11-15-14-10(18-2)20-11/h8,13H,3-7H2,1-2H3,(H,16,17). The summed E-state index contributed by atoms with van der Waals surface area (Å²) in [6, 6.07) is 0. The van der Waals surface area contributed by atoms with E-state index in [9.17, 15) is 9.90 Å². The number of hydrogen-bond donors (Lipinski definition) is 2. The number of thioether (sulfide) groups is 2. The van der Waals surface area contributed by atoms with Crippen LogP contribution in [0.5, 0.6) is 0 Å². The Morgan fingerprint density at radius 1 is 1.55 bits per heavy atom. The van der Waals surface area contributed by atoms with Crippen molar-refractivity contribution in [2.24, 2.45) is 0 Å². The van der Waals surface area contributed by atoms with Gasteiger partial charge >= 0.3 is 5.97 Å². The minimum absolute atomic E-state index is 0.293. The number of aliphatic carboxylic acids is 1. The number of carboxylic acids is 1. The molecule has 0 saturated heterocycles. The molecule has 1 fully saturated rings. The molecule has 1 aromatic rings. The molecule has 2 atom stereocenters. The molecule has 0 spiro atoms. The Morgan fingerprint density at radius 2 is 2.30 bits per heavy atom. The van der Waals surface area contributed by atoms with Crippen LogP contribution >= 0.6 is 34.9 Å². The predicted octanol–water partition coefficient (Wildman–Crippen LogP) is 2.73. The molecule has 0 radical (unpaired) electrons. The van der Waals surface area contributed by atoms with E-state index < -0.39 is 11.5 Å². The van der Waals surface area contributed by atoms with E-state index in [-0.39, 0.29) is 0 Å². The smallest absolute Gasteiger partial charge is 0.323 e. The van der Waals surface area contributed by atoms with Crippen molar-refractivity contribution in [3.05, 3.63) is 0 Å². The summed E-state index contributed by atoms with van der Waals surface area (Å²) in [5.74, 6) is -0.730. The number of carbonyl (C=O) groups is 1. The van der Waals surface area contributed by atoms with E-state index in [1.54, 1.807) is 34.9 Å². The van der Waals surface area contributed by atoms with Gasteiger partial charge in [0.1, 0.15) is 5.54 Å². The molecule has 0 aromatic carbocycles. The van der Waals surface area contributed by atoms with E-state index in [1.165, 1.54) is 0 Å². The molecule has 1 heterocycles. The lowest BCUT2D eigenvalue weighted by atomic mass is 9.81. The third-order valence-corrected chi connectivity index (χ3v) is 6.71. The van der Waals surface area contributed by atoms with Crippen molar-refractivity contribution in [1.82, 2.24) is 15.5 Å². The second kappa shape index (κ2) is 7.11. The number of hydrogen-bond acceptors (Lipinski definition) is 7. The molecule has 2 unspecified atom stereocenters. The van der Waals surface area contributed by atoms with E-state index in [0.717, 1.165) is 21.5 Å². The van der Waals surface area contributed by atoms with Gasteiger partial charge in [-0.3, -0.25) is 4.79 Å². The maximum atomic E-state index is 11.6. The molecule has 5 nitrogen and oxygen atoms in total. The van der Waals surface area contributed by atoms with Gasteiger partial charge in [0.2, 0.25) is 0 Å². The molecule has 8 heteroatoms. The molecule has 0 aliphatic heterocycles. The maximum absolute atomic E-state index is 11.6. The van der Waals surface area contributed by atoms with E-state index in [4.69, 9.17) is 0 Å². The van der Waals surface area contributed by atoms with Gasteiger partial charge in [0.05, 0.1) is 0 Å². The zero-order chi connectivity index (χ0) is 14.6. The first-order valence-electron chi connectivity index (χ1n) is 6.62. The summed E-state index contributed by atoms with van der Waals surface area (Å²) in [6.07, 6.45) is 5.31. The van der Waals surface area contributed by atoms with E-state index >= 15 is 0 Å². The van der Waals surface area contributed by atoms with Crippen LogP contribution in [-0.2, 0) is 4.79 Å². The zero-order valence-corrected chi connectivity index (χ0v) is 14.0. The molecular formula is C12H19N3O2S3. The summed E-state index contributed by atoms with van der Waals surface area (Å²) in [4.78, 5) is 11.6. The highest BCUT2D eigenvalue weighted by atomic mass is 32.2. The average molecular weight is 334 g/mol. The minimum atomic E-state index is -0.766. The largest absolute Gasteiger partial charge is 0.480 e. The molecule has 1 aliphatic carbocycles. The Bertz CT molecular complexity index is 465. The van der Waals surface area contributed by atoms with Gasteiger partial charge in [0.15, 0.2) is 8.68 Å². The Labute approximate surface area is 131 Å². The molecule has 20 heavy (non-hydrogen) atoms. The molecule has 2 rings (SSSR count). The first-order chi connectivity index (χ1) is 9.59. The summed E-state index contributed by atoms with van der Waals surface area (Å²) in [5.41, 5.74) is -0.766. The predicted molar refractivity (Wildman–Crippen MR) is 83.8 cm³/mol. The summed E-state index contributed by atoms with van der Waals surface area (Å²) in [6.45, 7) is 2.63. The number of aromatic nitrogens is 2. The van der Waals surface area contributed by atoms with Crippen molar-refractivity contribution in [1.29, 1.82) is 0 Å². The van der Waals surface area contributed by atoms with Crippen molar-refractivity contribution in [3.8, 4) is 0 Å². The third-order valence-electron chi connectivity index (χ3n) is 3.46. The van der Waals surface area contributed by atoms with E-state index in [1.807, 2.05) is 13.2 Å². The van der Waals surface area contributed by atoms with Gasteiger partial charge in [-0.05, 0) is 38.5 Å². The zero-order valence-electron chi connectivity index (χ0n) is 11.6. The topological polar surface area (TPSA) is 75.1 Å². The highest BCUT2D eigenvalue weighted by Crippen LogP contribution is 2.40. The Morgan fingerprint density at radius 3 is 2.90 bits per heavy atom. The number of carboxylic acid groups (broad SMARTS) is 1. The monoisotopic (exact) mass is 333 g/mol. The SMILES string of the molecule is CCNC1(C(=O)O)CCCC(Sc2nnc(SC)s2)C1. The van der Waals surface area contributed by atoms with Gasteiger partial charge in [-0.1, -0.05) is 41.8 Å². The van der Waals surface area contributed by atoms with Gasteiger partial charge < -0.3 is 10.4 Å². The van der Waals surface area contributed by atoms with Crippen LogP contribution in [0.2, 0.25) is 0 Å². The van der Waals surface area contributed by atoms with Crippen molar-refractivity contribution >= 4 is 40.8 Å². The fourth-order valence-corrected chi connectivity index (χ4v) is 5.59. The number of rotatable bonds is 6. The fraction of sp³-hybridized carbons (Fsp3) is 0.750. The Kier molecular flexibility index (Phi) is 5.71. The first kappa shape index (κ1) is 16.1. The lowest BCUT2D eigenvalue weighted by molar-refractivity contribution is -0.146. The highest BCUT2D eigenvalue weighted by molar-refractivity contribution is 8.03. The second-order valence-electron chi connectivity index (χ2n) is 4.79. The maximum Gasteiger partial charge on any atom is 0.323 e. The van der Waals surface area contributed by atoms with Crippen LogP contribution in [0, 0.1) is 0 Å². The molecule has 0 amide bonds. The summed E-state index contributed by atoms with van der Waals surface area (Å²) in [7, 11) is 0. The second-order valence-corrected chi connectivity index (χ2v) is 8.37. The van der Waals surface area contributed by atoms with Gasteiger partial charge in [-0.25, -0.2) is 0 Å². The third kappa shape index (κ3) is 3.66. The average Bonchev–Trinajstić information content (AvgIpc) is 2.87. The Hall–Kier alpha value is -0.310. The van der Waals surface area contributed by atoms with Crippen LogP contribution in [0.15, 0.2) is 8.68 Å². The van der Waals surface area contributed by atoms with E-state index in [2.05, 4.69) is 15.5 Å². The van der Waals surface area contributed by atoms with Crippen LogP contribution in [0.25, 0.3) is 0 Å². The van der Waals surface area contributed by atoms with Crippen molar-refractivity contribution < 1.29 is 9.90 Å². The van der Waals surface area contributed by atoms with Gasteiger partial charge in [-0.15, -0.1) is 10.2 Å². The number of likely N-dealkylation sites (N-methyl/N-ethyl adjacent to an activating group) is 1. The van der Waals surface area contributed by atoms with E-state index in [0.29, 0.717) is 24.6 Å². The summed E-state index contributed by atoms with van der Waals surface area (Å²) >= 11 is 4.85. The number of nitrogens with zero attached hydrogens (tertiary/aromatic N) is 2. The molecule has 1 aliphatic rings. The highest BCUT2D eigenvalue weighted by Gasteiger charge is 2.42. The molecule has 2 N–H and O–H groups in total. The molecule has 1 saturated carbocycles. The van der Waals surface area contributed by atoms with Crippen LogP contribution in [0.4, 0.5) is 0 Å². The molecular weight excluding hydrogens is 314 g/mol. The summed E-state index contributed by atoms with van der Waals surface area (Å²) in [5, 5.41) is 21.3. The van der Waals surface area contributed by atoms with Crippen LogP contribution in [-0.4, -0.2) is 44.9 Å². The fourth-order valence-electron chi connectivity index (χ4n) is 2.56. The molecule has 0 bridgehead atoms.